The first kappa shape index (κ1) is 11.7. The van der Waals surface area contributed by atoms with Crippen LogP contribution in [0, 0.1) is 0 Å². The molecule has 0 aliphatic carbocycles. The van der Waals surface area contributed by atoms with Gasteiger partial charge in [-0.3, -0.25) is 0 Å². The Balaban J connectivity index is 2.07. The molecule has 0 aromatic carbocycles. The van der Waals surface area contributed by atoms with Gasteiger partial charge >= 0.3 is 0 Å². The van der Waals surface area contributed by atoms with Gasteiger partial charge < -0.3 is 5.32 Å². The lowest BCUT2D eigenvalue weighted by atomic mass is 10.2. The number of aromatic nitrogens is 1. The number of hydrogen-bond acceptors (Lipinski definition) is 3. The average molecular weight is 273 g/mol. The topological polar surface area (TPSA) is 24.9 Å². The van der Waals surface area contributed by atoms with Gasteiger partial charge in [-0.15, -0.1) is 11.3 Å². The van der Waals surface area contributed by atoms with E-state index in [1.165, 1.54) is 4.88 Å². The molecule has 0 saturated carbocycles. The molecule has 0 saturated heterocycles. The number of pyridine rings is 1. The van der Waals surface area contributed by atoms with E-state index >= 15 is 0 Å². The van der Waals surface area contributed by atoms with Crippen LogP contribution >= 0.6 is 34.5 Å². The molecule has 16 heavy (non-hydrogen) atoms. The zero-order valence-corrected chi connectivity index (χ0v) is 10.9. The maximum atomic E-state index is 5.89. The van der Waals surface area contributed by atoms with Crippen LogP contribution in [0.25, 0.3) is 0 Å². The van der Waals surface area contributed by atoms with E-state index in [1.54, 1.807) is 23.6 Å². The Hall–Kier alpha value is -0.770. The largest absolute Gasteiger partial charge is 0.376 e. The zero-order valence-electron chi connectivity index (χ0n) is 8.58. The van der Waals surface area contributed by atoms with Crippen molar-refractivity contribution in [3.8, 4) is 0 Å². The summed E-state index contributed by atoms with van der Waals surface area (Å²) in [7, 11) is 0. The first-order chi connectivity index (χ1) is 7.65. The van der Waals surface area contributed by atoms with Crippen molar-refractivity contribution in [3.63, 3.8) is 0 Å². The molecule has 1 N–H and O–H groups in total. The number of hydrogen-bond donors (Lipinski definition) is 1. The summed E-state index contributed by atoms with van der Waals surface area (Å²) in [5, 5.41) is 3.83. The van der Waals surface area contributed by atoms with Gasteiger partial charge in [0.05, 0.1) is 22.3 Å². The Labute approximate surface area is 108 Å². The molecule has 2 nitrogen and oxygen atoms in total. The van der Waals surface area contributed by atoms with Crippen molar-refractivity contribution in [2.45, 2.75) is 13.0 Å². The van der Waals surface area contributed by atoms with Crippen molar-refractivity contribution in [1.29, 1.82) is 0 Å². The number of anilines is 1. The predicted octanol–water partition coefficient (Wildman–Crippen LogP) is 4.62. The third-order valence-corrected chi connectivity index (χ3v) is 3.77. The summed E-state index contributed by atoms with van der Waals surface area (Å²) in [5.41, 5.74) is 0.946. The third-order valence-electron chi connectivity index (χ3n) is 2.13. The van der Waals surface area contributed by atoms with Gasteiger partial charge in [0.15, 0.2) is 0 Å². The van der Waals surface area contributed by atoms with Gasteiger partial charge in [-0.05, 0) is 31.2 Å². The van der Waals surface area contributed by atoms with Crippen LogP contribution in [0.5, 0.6) is 0 Å². The van der Waals surface area contributed by atoms with Crippen LogP contribution < -0.4 is 5.32 Å². The van der Waals surface area contributed by atoms with Crippen LogP contribution in [0.2, 0.25) is 9.49 Å². The van der Waals surface area contributed by atoms with Gasteiger partial charge in [-0.1, -0.05) is 23.2 Å². The SMILES string of the molecule is CC(Nc1ccc(Cl)nc1)c1ccc(Cl)s1. The van der Waals surface area contributed by atoms with E-state index in [1.807, 2.05) is 18.2 Å². The van der Waals surface area contributed by atoms with Gasteiger partial charge in [-0.25, -0.2) is 4.98 Å². The van der Waals surface area contributed by atoms with Crippen LogP contribution in [-0.4, -0.2) is 4.98 Å². The molecule has 0 aliphatic heterocycles. The lowest BCUT2D eigenvalue weighted by molar-refractivity contribution is 0.906. The number of nitrogens with zero attached hydrogens (tertiary/aromatic N) is 1. The molecule has 0 aliphatic rings. The predicted molar refractivity (Wildman–Crippen MR) is 70.6 cm³/mol. The maximum absolute atomic E-state index is 5.89. The molecule has 1 unspecified atom stereocenters. The van der Waals surface area contributed by atoms with E-state index < -0.39 is 0 Å². The Bertz CT molecular complexity index is 467. The molecular weight excluding hydrogens is 263 g/mol. The van der Waals surface area contributed by atoms with Crippen molar-refractivity contribution in [2.24, 2.45) is 0 Å². The fourth-order valence-corrected chi connectivity index (χ4v) is 2.52. The molecule has 0 fully saturated rings. The van der Waals surface area contributed by atoms with E-state index in [4.69, 9.17) is 23.2 Å². The van der Waals surface area contributed by atoms with E-state index in [2.05, 4.69) is 17.2 Å². The lowest BCUT2D eigenvalue weighted by Crippen LogP contribution is -2.04. The molecule has 2 rings (SSSR count). The quantitative estimate of drug-likeness (QED) is 0.825. The Morgan fingerprint density at radius 1 is 1.25 bits per heavy atom. The van der Waals surface area contributed by atoms with Gasteiger partial charge in [0.2, 0.25) is 0 Å². The summed E-state index contributed by atoms with van der Waals surface area (Å²) in [6, 6.07) is 7.80. The van der Waals surface area contributed by atoms with E-state index in [-0.39, 0.29) is 6.04 Å². The van der Waals surface area contributed by atoms with Gasteiger partial charge in [0.25, 0.3) is 0 Å². The summed E-state index contributed by atoms with van der Waals surface area (Å²) in [5.74, 6) is 0. The summed E-state index contributed by atoms with van der Waals surface area (Å²) in [4.78, 5) is 5.21. The maximum Gasteiger partial charge on any atom is 0.129 e. The number of nitrogens with one attached hydrogen (secondary N) is 1. The molecule has 0 spiro atoms. The zero-order chi connectivity index (χ0) is 11.5. The molecule has 84 valence electrons. The molecule has 2 aromatic rings. The summed E-state index contributed by atoms with van der Waals surface area (Å²) < 4.78 is 0.804. The van der Waals surface area contributed by atoms with Crippen molar-refractivity contribution in [2.75, 3.05) is 5.32 Å². The standard InChI is InChI=1S/C11H10Cl2N2S/c1-7(9-3-5-11(13)16-9)15-8-2-4-10(12)14-6-8/h2-7,15H,1H3. The van der Waals surface area contributed by atoms with Crippen LogP contribution in [0.3, 0.4) is 0 Å². The second kappa shape index (κ2) is 5.04. The summed E-state index contributed by atoms with van der Waals surface area (Å²) in [6.45, 7) is 2.08. The number of thiophene rings is 1. The van der Waals surface area contributed by atoms with Gasteiger partial charge in [0, 0.05) is 4.88 Å². The molecule has 0 amide bonds. The van der Waals surface area contributed by atoms with Gasteiger partial charge in [0.1, 0.15) is 5.15 Å². The van der Waals surface area contributed by atoms with Crippen molar-refractivity contribution >= 4 is 40.2 Å². The fraction of sp³-hybridized carbons (Fsp3) is 0.182. The highest BCUT2D eigenvalue weighted by Crippen LogP contribution is 2.28. The number of rotatable bonds is 3. The average Bonchev–Trinajstić information content (AvgIpc) is 2.68. The van der Waals surface area contributed by atoms with Crippen molar-refractivity contribution in [3.05, 3.63) is 44.8 Å². The minimum atomic E-state index is 0.209. The highest BCUT2D eigenvalue weighted by molar-refractivity contribution is 7.16. The smallest absolute Gasteiger partial charge is 0.129 e. The lowest BCUT2D eigenvalue weighted by Gasteiger charge is -2.12. The highest BCUT2D eigenvalue weighted by atomic mass is 35.5. The Morgan fingerprint density at radius 3 is 2.62 bits per heavy atom. The third kappa shape index (κ3) is 2.88. The van der Waals surface area contributed by atoms with E-state index in [0.717, 1.165) is 10.0 Å². The van der Waals surface area contributed by atoms with E-state index in [0.29, 0.717) is 5.15 Å². The second-order valence-corrected chi connectivity index (χ2v) is 5.51. The molecule has 2 aromatic heterocycles. The van der Waals surface area contributed by atoms with Crippen LogP contribution in [0.4, 0.5) is 5.69 Å². The van der Waals surface area contributed by atoms with Crippen molar-refractivity contribution < 1.29 is 0 Å². The Kier molecular flexibility index (Phi) is 3.69. The molecule has 2 heterocycles. The monoisotopic (exact) mass is 272 g/mol. The van der Waals surface area contributed by atoms with Crippen LogP contribution in [0.1, 0.15) is 17.8 Å². The molecule has 0 bridgehead atoms. The molecule has 5 heteroatoms. The minimum absolute atomic E-state index is 0.209. The highest BCUT2D eigenvalue weighted by Gasteiger charge is 2.07. The van der Waals surface area contributed by atoms with Crippen molar-refractivity contribution in [1.82, 2.24) is 4.98 Å². The van der Waals surface area contributed by atoms with Crippen LogP contribution in [0.15, 0.2) is 30.5 Å². The molecule has 1 atom stereocenters. The fourth-order valence-electron chi connectivity index (χ4n) is 1.34. The first-order valence-corrected chi connectivity index (χ1v) is 6.36. The normalized spacial score (nSPS) is 12.4. The minimum Gasteiger partial charge on any atom is -0.376 e. The first-order valence-electron chi connectivity index (χ1n) is 4.78. The summed E-state index contributed by atoms with van der Waals surface area (Å²) >= 11 is 13.2. The summed E-state index contributed by atoms with van der Waals surface area (Å²) in [6.07, 6.45) is 1.72. The second-order valence-electron chi connectivity index (χ2n) is 3.38. The van der Waals surface area contributed by atoms with Crippen LogP contribution in [-0.2, 0) is 0 Å². The van der Waals surface area contributed by atoms with E-state index in [9.17, 15) is 0 Å². The molecule has 0 radical (unpaired) electrons. The Morgan fingerprint density at radius 2 is 2.06 bits per heavy atom. The van der Waals surface area contributed by atoms with Gasteiger partial charge in [-0.2, -0.15) is 0 Å². The molecular formula is C11H10Cl2N2S. The number of halogens is 2.